The molecular formula is C11H23NO. The topological polar surface area (TPSA) is 21.3 Å². The molecule has 2 nitrogen and oxygen atoms in total. The number of ether oxygens (including phenoxy) is 1. The Balaban J connectivity index is 2.60. The van der Waals surface area contributed by atoms with Crippen LogP contribution in [0.3, 0.4) is 0 Å². The molecular weight excluding hydrogens is 162 g/mol. The Morgan fingerprint density at radius 2 is 1.92 bits per heavy atom. The van der Waals surface area contributed by atoms with Crippen LogP contribution in [0.2, 0.25) is 0 Å². The van der Waals surface area contributed by atoms with Crippen LogP contribution in [0.4, 0.5) is 0 Å². The van der Waals surface area contributed by atoms with Gasteiger partial charge in [-0.15, -0.1) is 0 Å². The molecule has 2 heteroatoms. The van der Waals surface area contributed by atoms with E-state index in [9.17, 15) is 0 Å². The monoisotopic (exact) mass is 185 g/mol. The Kier molecular flexibility index (Phi) is 3.74. The van der Waals surface area contributed by atoms with Gasteiger partial charge in [-0.3, -0.25) is 0 Å². The summed E-state index contributed by atoms with van der Waals surface area (Å²) in [6.07, 6.45) is 5.01. The van der Waals surface area contributed by atoms with E-state index in [2.05, 4.69) is 19.2 Å². The molecule has 78 valence electrons. The molecule has 0 aromatic rings. The zero-order valence-electron chi connectivity index (χ0n) is 9.39. The molecule has 1 aliphatic carbocycles. The van der Waals surface area contributed by atoms with Gasteiger partial charge >= 0.3 is 0 Å². The molecule has 1 unspecified atom stereocenters. The number of methoxy groups -OCH3 is 1. The summed E-state index contributed by atoms with van der Waals surface area (Å²) >= 11 is 0. The van der Waals surface area contributed by atoms with Crippen LogP contribution in [-0.4, -0.2) is 25.8 Å². The van der Waals surface area contributed by atoms with Crippen LogP contribution < -0.4 is 5.32 Å². The molecule has 0 aliphatic heterocycles. The molecule has 1 saturated carbocycles. The van der Waals surface area contributed by atoms with Crippen LogP contribution >= 0.6 is 0 Å². The van der Waals surface area contributed by atoms with Crippen molar-refractivity contribution in [1.29, 1.82) is 0 Å². The second-order valence-corrected chi connectivity index (χ2v) is 4.46. The predicted molar refractivity (Wildman–Crippen MR) is 55.9 cm³/mol. The number of likely N-dealkylation sites (N-methyl/N-ethyl adjacent to an activating group) is 1. The van der Waals surface area contributed by atoms with E-state index in [1.54, 1.807) is 0 Å². The van der Waals surface area contributed by atoms with Crippen molar-refractivity contribution in [2.75, 3.05) is 14.2 Å². The smallest absolute Gasteiger partial charge is 0.0828 e. The van der Waals surface area contributed by atoms with E-state index in [1.165, 1.54) is 25.7 Å². The summed E-state index contributed by atoms with van der Waals surface area (Å²) in [6, 6.07) is 0.463. The van der Waals surface area contributed by atoms with Gasteiger partial charge in [0.25, 0.3) is 0 Å². The van der Waals surface area contributed by atoms with Crippen molar-refractivity contribution in [1.82, 2.24) is 5.32 Å². The zero-order chi connectivity index (χ0) is 9.90. The van der Waals surface area contributed by atoms with Gasteiger partial charge in [0.15, 0.2) is 0 Å². The molecule has 0 aromatic heterocycles. The van der Waals surface area contributed by atoms with Crippen LogP contribution in [0.25, 0.3) is 0 Å². The summed E-state index contributed by atoms with van der Waals surface area (Å²) in [5.41, 5.74) is 0.0985. The van der Waals surface area contributed by atoms with Gasteiger partial charge in [-0.05, 0) is 45.6 Å². The van der Waals surface area contributed by atoms with E-state index in [4.69, 9.17) is 4.74 Å². The highest BCUT2D eigenvalue weighted by Gasteiger charge is 2.38. The van der Waals surface area contributed by atoms with E-state index in [-0.39, 0.29) is 5.60 Å². The molecule has 0 saturated heterocycles. The third kappa shape index (κ3) is 2.23. The average molecular weight is 185 g/mol. The van der Waals surface area contributed by atoms with Crippen molar-refractivity contribution < 1.29 is 4.74 Å². The maximum atomic E-state index is 5.72. The van der Waals surface area contributed by atoms with Gasteiger partial charge in [-0.1, -0.05) is 6.92 Å². The number of rotatable bonds is 3. The van der Waals surface area contributed by atoms with Gasteiger partial charge in [0, 0.05) is 13.2 Å². The van der Waals surface area contributed by atoms with E-state index in [1.807, 2.05) is 14.2 Å². The first-order chi connectivity index (χ1) is 6.14. The summed E-state index contributed by atoms with van der Waals surface area (Å²) in [5, 5.41) is 3.32. The highest BCUT2D eigenvalue weighted by molar-refractivity contribution is 4.93. The lowest BCUT2D eigenvalue weighted by atomic mass is 9.76. The first kappa shape index (κ1) is 11.0. The van der Waals surface area contributed by atoms with Gasteiger partial charge in [-0.2, -0.15) is 0 Å². The molecule has 13 heavy (non-hydrogen) atoms. The van der Waals surface area contributed by atoms with Crippen LogP contribution in [0.1, 0.15) is 39.5 Å². The van der Waals surface area contributed by atoms with Crippen molar-refractivity contribution in [3.8, 4) is 0 Å². The quantitative estimate of drug-likeness (QED) is 0.727. The number of hydrogen-bond donors (Lipinski definition) is 1. The van der Waals surface area contributed by atoms with Crippen molar-refractivity contribution in [3.05, 3.63) is 0 Å². The van der Waals surface area contributed by atoms with Gasteiger partial charge < -0.3 is 10.1 Å². The Bertz CT molecular complexity index is 150. The molecule has 1 atom stereocenters. The van der Waals surface area contributed by atoms with E-state index in [0.29, 0.717) is 6.04 Å². The summed E-state index contributed by atoms with van der Waals surface area (Å²) in [6.45, 7) is 4.56. The summed E-state index contributed by atoms with van der Waals surface area (Å²) in [4.78, 5) is 0. The normalized spacial score (nSPS) is 37.4. The molecule has 0 aromatic carbocycles. The molecule has 1 rings (SSSR count). The van der Waals surface area contributed by atoms with Crippen molar-refractivity contribution in [3.63, 3.8) is 0 Å². The number of nitrogens with one attached hydrogen (secondary N) is 1. The van der Waals surface area contributed by atoms with E-state index < -0.39 is 0 Å². The molecule has 0 amide bonds. The maximum Gasteiger partial charge on any atom is 0.0828 e. The van der Waals surface area contributed by atoms with Crippen molar-refractivity contribution in [2.45, 2.75) is 51.2 Å². The Morgan fingerprint density at radius 1 is 1.38 bits per heavy atom. The zero-order valence-corrected chi connectivity index (χ0v) is 9.39. The van der Waals surface area contributed by atoms with Gasteiger partial charge in [0.05, 0.1) is 5.60 Å². The second kappa shape index (κ2) is 4.43. The second-order valence-electron chi connectivity index (χ2n) is 4.46. The molecule has 0 bridgehead atoms. The molecule has 1 fully saturated rings. The number of hydrogen-bond acceptors (Lipinski definition) is 2. The van der Waals surface area contributed by atoms with Gasteiger partial charge in [0.2, 0.25) is 0 Å². The first-order valence-corrected chi connectivity index (χ1v) is 5.37. The highest BCUT2D eigenvalue weighted by Crippen LogP contribution is 2.36. The standard InChI is InChI=1S/C11H23NO/c1-9-5-7-11(13-4,8-6-9)10(2)12-3/h9-10,12H,5-8H2,1-4H3. The Morgan fingerprint density at radius 3 is 2.31 bits per heavy atom. The van der Waals surface area contributed by atoms with Gasteiger partial charge in [-0.25, -0.2) is 0 Å². The van der Waals surface area contributed by atoms with Crippen LogP contribution in [0.5, 0.6) is 0 Å². The molecule has 0 radical (unpaired) electrons. The summed E-state index contributed by atoms with van der Waals surface area (Å²) in [7, 11) is 3.87. The minimum absolute atomic E-state index is 0.0985. The van der Waals surface area contributed by atoms with Crippen LogP contribution in [-0.2, 0) is 4.74 Å². The van der Waals surface area contributed by atoms with Crippen molar-refractivity contribution >= 4 is 0 Å². The minimum Gasteiger partial charge on any atom is -0.377 e. The average Bonchev–Trinajstić information content (AvgIpc) is 2.18. The lowest BCUT2D eigenvalue weighted by molar-refractivity contribution is -0.0689. The fourth-order valence-corrected chi connectivity index (χ4v) is 2.33. The third-order valence-electron chi connectivity index (χ3n) is 3.75. The van der Waals surface area contributed by atoms with E-state index in [0.717, 1.165) is 5.92 Å². The molecule has 1 aliphatic rings. The minimum atomic E-state index is 0.0985. The molecule has 1 N–H and O–H groups in total. The van der Waals surface area contributed by atoms with E-state index >= 15 is 0 Å². The fraction of sp³-hybridized carbons (Fsp3) is 1.00. The highest BCUT2D eigenvalue weighted by atomic mass is 16.5. The van der Waals surface area contributed by atoms with Crippen molar-refractivity contribution in [2.24, 2.45) is 5.92 Å². The lowest BCUT2D eigenvalue weighted by Gasteiger charge is -2.42. The van der Waals surface area contributed by atoms with Crippen LogP contribution in [0.15, 0.2) is 0 Å². The largest absolute Gasteiger partial charge is 0.377 e. The molecule has 0 heterocycles. The predicted octanol–water partition coefficient (Wildman–Crippen LogP) is 2.19. The Hall–Kier alpha value is -0.0800. The fourth-order valence-electron chi connectivity index (χ4n) is 2.33. The molecule has 0 spiro atoms. The SMILES string of the molecule is CNC(C)C1(OC)CCC(C)CC1. The Labute approximate surface area is 82.0 Å². The van der Waals surface area contributed by atoms with Crippen LogP contribution in [0, 0.1) is 5.92 Å². The summed E-state index contributed by atoms with van der Waals surface area (Å²) in [5.74, 6) is 0.882. The third-order valence-corrected chi connectivity index (χ3v) is 3.75. The first-order valence-electron chi connectivity index (χ1n) is 5.37. The lowest BCUT2D eigenvalue weighted by Crippen LogP contribution is -2.51. The maximum absolute atomic E-state index is 5.72. The van der Waals surface area contributed by atoms with Gasteiger partial charge in [0.1, 0.15) is 0 Å². The summed E-state index contributed by atoms with van der Waals surface area (Å²) < 4.78 is 5.72.